The third-order valence-electron chi connectivity index (χ3n) is 4.93. The first-order valence-corrected chi connectivity index (χ1v) is 9.77. The molecule has 0 spiro atoms. The highest BCUT2D eigenvalue weighted by Crippen LogP contribution is 2.29. The molecular weight excluding hydrogens is 350 g/mol. The van der Waals surface area contributed by atoms with Gasteiger partial charge in [0.25, 0.3) is 0 Å². The second-order valence-corrected chi connectivity index (χ2v) is 7.39. The van der Waals surface area contributed by atoms with Gasteiger partial charge in [-0.3, -0.25) is 9.78 Å². The van der Waals surface area contributed by atoms with Crippen molar-refractivity contribution in [1.29, 1.82) is 0 Å². The van der Waals surface area contributed by atoms with Crippen molar-refractivity contribution in [2.75, 3.05) is 17.2 Å². The van der Waals surface area contributed by atoms with E-state index in [4.69, 9.17) is 4.74 Å². The summed E-state index contributed by atoms with van der Waals surface area (Å²) in [5.74, 6) is 0.668. The largest absolute Gasteiger partial charge is 0.376 e. The van der Waals surface area contributed by atoms with Crippen LogP contribution in [0.25, 0.3) is 10.9 Å². The Labute approximate surface area is 165 Å². The molecule has 2 aromatic carbocycles. The lowest BCUT2D eigenvalue weighted by Crippen LogP contribution is -2.31. The summed E-state index contributed by atoms with van der Waals surface area (Å²) in [4.78, 5) is 17.0. The summed E-state index contributed by atoms with van der Waals surface area (Å²) in [5.41, 5.74) is 3.65. The fraction of sp³-hybridized carbons (Fsp3) is 0.304. The average molecular weight is 375 g/mol. The predicted molar refractivity (Wildman–Crippen MR) is 112 cm³/mol. The highest BCUT2D eigenvalue weighted by atomic mass is 16.5. The minimum absolute atomic E-state index is 0.0910. The quantitative estimate of drug-likeness (QED) is 0.604. The zero-order valence-electron chi connectivity index (χ0n) is 16.0. The number of ether oxygens (including phenoxy) is 1. The maximum absolute atomic E-state index is 12.7. The van der Waals surface area contributed by atoms with E-state index in [-0.39, 0.29) is 11.9 Å². The van der Waals surface area contributed by atoms with E-state index in [9.17, 15) is 4.79 Å². The number of hydrogen-bond acceptors (Lipinski definition) is 4. The number of amides is 1. The highest BCUT2D eigenvalue weighted by molar-refractivity contribution is 6.03. The summed E-state index contributed by atoms with van der Waals surface area (Å²) in [6.45, 7) is 3.31. The van der Waals surface area contributed by atoms with Crippen molar-refractivity contribution in [3.8, 4) is 0 Å². The first kappa shape index (κ1) is 18.4. The minimum atomic E-state index is -0.380. The second kappa shape index (κ2) is 8.40. The minimum Gasteiger partial charge on any atom is -0.376 e. The second-order valence-electron chi connectivity index (χ2n) is 7.39. The molecule has 1 heterocycles. The number of rotatable bonds is 8. The lowest BCUT2D eigenvalue weighted by Gasteiger charge is -2.17. The van der Waals surface area contributed by atoms with E-state index >= 15 is 0 Å². The van der Waals surface area contributed by atoms with E-state index in [0.717, 1.165) is 40.4 Å². The van der Waals surface area contributed by atoms with Crippen molar-refractivity contribution >= 4 is 28.2 Å². The third-order valence-corrected chi connectivity index (χ3v) is 4.93. The number of aromatic nitrogens is 1. The maximum Gasteiger partial charge on any atom is 0.246 e. The molecule has 1 atom stereocenters. The Bertz CT molecular complexity index is 963. The van der Waals surface area contributed by atoms with Gasteiger partial charge in [-0.05, 0) is 67.6 Å². The van der Waals surface area contributed by atoms with Gasteiger partial charge in [0.2, 0.25) is 5.91 Å². The van der Waals surface area contributed by atoms with E-state index in [1.165, 1.54) is 12.8 Å². The van der Waals surface area contributed by atoms with Crippen LogP contribution in [0.15, 0.2) is 60.8 Å². The van der Waals surface area contributed by atoms with Gasteiger partial charge in [0.1, 0.15) is 6.04 Å². The highest BCUT2D eigenvalue weighted by Gasteiger charge is 2.21. The van der Waals surface area contributed by atoms with Crippen LogP contribution in [0.4, 0.5) is 11.4 Å². The standard InChI is InChI=1S/C23H25N3O2/c1-16(23(27)26-22-9-3-8-21-20(22)7-4-12-24-21)25-19-6-2-5-18(13-19)15-28-14-17-10-11-17/h2-9,12-13,16-17,25H,10-11,14-15H2,1H3,(H,26,27). The van der Waals surface area contributed by atoms with E-state index in [0.29, 0.717) is 6.61 Å². The van der Waals surface area contributed by atoms with Gasteiger partial charge in [0.05, 0.1) is 17.8 Å². The van der Waals surface area contributed by atoms with Gasteiger partial charge in [0, 0.05) is 23.9 Å². The number of carbonyl (C=O) groups is 1. The number of pyridine rings is 1. The predicted octanol–water partition coefficient (Wildman–Crippen LogP) is 4.60. The van der Waals surface area contributed by atoms with Crippen LogP contribution in [0.1, 0.15) is 25.3 Å². The lowest BCUT2D eigenvalue weighted by molar-refractivity contribution is -0.116. The smallest absolute Gasteiger partial charge is 0.246 e. The van der Waals surface area contributed by atoms with Crippen LogP contribution in [0.2, 0.25) is 0 Å². The Kier molecular flexibility index (Phi) is 5.53. The summed E-state index contributed by atoms with van der Waals surface area (Å²) >= 11 is 0. The van der Waals surface area contributed by atoms with Crippen molar-refractivity contribution in [1.82, 2.24) is 4.98 Å². The zero-order chi connectivity index (χ0) is 19.3. The molecule has 0 bridgehead atoms. The first-order valence-electron chi connectivity index (χ1n) is 9.77. The molecule has 28 heavy (non-hydrogen) atoms. The molecule has 144 valence electrons. The lowest BCUT2D eigenvalue weighted by atomic mass is 10.1. The molecule has 1 fully saturated rings. The first-order chi connectivity index (χ1) is 13.7. The van der Waals surface area contributed by atoms with Crippen LogP contribution in [0.5, 0.6) is 0 Å². The number of anilines is 2. The zero-order valence-corrected chi connectivity index (χ0v) is 16.0. The molecule has 1 saturated carbocycles. The normalized spacial score (nSPS) is 14.6. The molecule has 1 amide bonds. The Morgan fingerprint density at radius 1 is 1.18 bits per heavy atom. The molecule has 0 aliphatic heterocycles. The van der Waals surface area contributed by atoms with Crippen molar-refractivity contribution < 1.29 is 9.53 Å². The number of carbonyl (C=O) groups excluding carboxylic acids is 1. The monoisotopic (exact) mass is 375 g/mol. The maximum atomic E-state index is 12.7. The Hall–Kier alpha value is -2.92. The van der Waals surface area contributed by atoms with Gasteiger partial charge >= 0.3 is 0 Å². The molecule has 5 nitrogen and oxygen atoms in total. The van der Waals surface area contributed by atoms with Crippen molar-refractivity contribution in [2.45, 2.75) is 32.4 Å². The van der Waals surface area contributed by atoms with Crippen molar-refractivity contribution in [3.05, 3.63) is 66.4 Å². The van der Waals surface area contributed by atoms with Gasteiger partial charge in [-0.15, -0.1) is 0 Å². The average Bonchev–Trinajstić information content (AvgIpc) is 3.53. The Morgan fingerprint density at radius 2 is 2.04 bits per heavy atom. The van der Waals surface area contributed by atoms with Crippen LogP contribution in [0, 0.1) is 5.92 Å². The van der Waals surface area contributed by atoms with Gasteiger partial charge in [0.15, 0.2) is 0 Å². The van der Waals surface area contributed by atoms with Gasteiger partial charge in [-0.25, -0.2) is 0 Å². The topological polar surface area (TPSA) is 63.2 Å². The molecule has 0 radical (unpaired) electrons. The van der Waals surface area contributed by atoms with Crippen LogP contribution in [0.3, 0.4) is 0 Å². The summed E-state index contributed by atoms with van der Waals surface area (Å²) < 4.78 is 5.76. The number of nitrogens with zero attached hydrogens (tertiary/aromatic N) is 1. The van der Waals surface area contributed by atoms with Crippen molar-refractivity contribution in [2.24, 2.45) is 5.92 Å². The van der Waals surface area contributed by atoms with Gasteiger partial charge in [-0.1, -0.05) is 18.2 Å². The van der Waals surface area contributed by atoms with E-state index < -0.39 is 0 Å². The third kappa shape index (κ3) is 4.67. The number of fused-ring (bicyclic) bond motifs is 1. The summed E-state index contributed by atoms with van der Waals surface area (Å²) in [6, 6.07) is 17.2. The fourth-order valence-electron chi connectivity index (χ4n) is 3.15. The fourth-order valence-corrected chi connectivity index (χ4v) is 3.15. The molecule has 2 N–H and O–H groups in total. The number of benzene rings is 2. The molecule has 1 unspecified atom stereocenters. The molecular formula is C23H25N3O2. The molecule has 1 aliphatic carbocycles. The van der Waals surface area contributed by atoms with Crippen LogP contribution in [-0.4, -0.2) is 23.5 Å². The molecule has 4 rings (SSSR count). The molecule has 0 saturated heterocycles. The van der Waals surface area contributed by atoms with Gasteiger partial charge in [-0.2, -0.15) is 0 Å². The van der Waals surface area contributed by atoms with Crippen LogP contribution < -0.4 is 10.6 Å². The number of nitrogens with one attached hydrogen (secondary N) is 2. The molecule has 3 aromatic rings. The molecule has 5 heteroatoms. The van der Waals surface area contributed by atoms with Gasteiger partial charge < -0.3 is 15.4 Å². The summed E-state index contributed by atoms with van der Waals surface area (Å²) in [6.07, 6.45) is 4.33. The summed E-state index contributed by atoms with van der Waals surface area (Å²) in [5, 5.41) is 7.22. The number of hydrogen-bond donors (Lipinski definition) is 2. The summed E-state index contributed by atoms with van der Waals surface area (Å²) in [7, 11) is 0. The van der Waals surface area contributed by atoms with E-state index in [2.05, 4.69) is 15.6 Å². The Balaban J connectivity index is 1.37. The molecule has 1 aliphatic rings. The molecule has 1 aromatic heterocycles. The Morgan fingerprint density at radius 3 is 2.89 bits per heavy atom. The van der Waals surface area contributed by atoms with E-state index in [1.807, 2.05) is 61.5 Å². The SMILES string of the molecule is CC(Nc1cccc(COCC2CC2)c1)C(=O)Nc1cccc2ncccc12. The van der Waals surface area contributed by atoms with Crippen molar-refractivity contribution in [3.63, 3.8) is 0 Å². The van der Waals surface area contributed by atoms with Crippen LogP contribution in [-0.2, 0) is 16.1 Å². The van der Waals surface area contributed by atoms with Crippen LogP contribution >= 0.6 is 0 Å². The van der Waals surface area contributed by atoms with E-state index in [1.54, 1.807) is 6.20 Å².